The zero-order valence-electron chi connectivity index (χ0n) is 11.7. The van der Waals surface area contributed by atoms with E-state index in [0.717, 1.165) is 18.7 Å². The smallest absolute Gasteiger partial charge is 0.167 e. The molecule has 0 radical (unpaired) electrons. The third-order valence-electron chi connectivity index (χ3n) is 2.82. The van der Waals surface area contributed by atoms with Gasteiger partial charge in [-0.2, -0.15) is 0 Å². The van der Waals surface area contributed by atoms with E-state index in [0.29, 0.717) is 18.3 Å². The van der Waals surface area contributed by atoms with Gasteiger partial charge in [0.1, 0.15) is 0 Å². The summed E-state index contributed by atoms with van der Waals surface area (Å²) in [4.78, 5) is 2.12. The van der Waals surface area contributed by atoms with Crippen LogP contribution in [0.4, 0.5) is 15.8 Å². The van der Waals surface area contributed by atoms with E-state index in [1.54, 1.807) is 6.07 Å². The lowest BCUT2D eigenvalue weighted by molar-refractivity contribution is 0.301. The zero-order valence-corrected chi connectivity index (χ0v) is 11.7. The molecule has 0 saturated carbocycles. The maximum absolute atomic E-state index is 13.7. The standard InChI is InChI=1S/C14H23FN2O/c1-5-7-18-14-9-13(12(16)8-11(14)15)17(6-2)10(3)4/h8-10H,5-7,16H2,1-4H3. The fourth-order valence-electron chi connectivity index (χ4n) is 1.94. The van der Waals surface area contributed by atoms with Gasteiger partial charge in [-0.05, 0) is 27.2 Å². The van der Waals surface area contributed by atoms with Crippen molar-refractivity contribution in [2.24, 2.45) is 0 Å². The van der Waals surface area contributed by atoms with E-state index < -0.39 is 5.82 Å². The second kappa shape index (κ2) is 6.47. The van der Waals surface area contributed by atoms with Gasteiger partial charge < -0.3 is 15.4 Å². The van der Waals surface area contributed by atoms with Crippen LogP contribution >= 0.6 is 0 Å². The number of ether oxygens (including phenoxy) is 1. The van der Waals surface area contributed by atoms with Crippen molar-refractivity contribution in [1.29, 1.82) is 0 Å². The predicted octanol–water partition coefficient (Wildman–Crippen LogP) is 3.43. The van der Waals surface area contributed by atoms with Crippen LogP contribution in [0.2, 0.25) is 0 Å². The van der Waals surface area contributed by atoms with Crippen LogP contribution in [0.1, 0.15) is 34.1 Å². The van der Waals surface area contributed by atoms with Crippen LogP contribution in [0, 0.1) is 5.82 Å². The molecule has 0 aliphatic carbocycles. The van der Waals surface area contributed by atoms with Crippen LogP contribution < -0.4 is 15.4 Å². The number of nitrogens with two attached hydrogens (primary N) is 1. The molecule has 0 saturated heterocycles. The van der Waals surface area contributed by atoms with Gasteiger partial charge in [-0.1, -0.05) is 6.92 Å². The van der Waals surface area contributed by atoms with Crippen LogP contribution in [-0.4, -0.2) is 19.2 Å². The number of hydrogen-bond donors (Lipinski definition) is 1. The molecule has 1 rings (SSSR count). The number of anilines is 2. The van der Waals surface area contributed by atoms with Crippen molar-refractivity contribution in [3.63, 3.8) is 0 Å². The normalized spacial score (nSPS) is 10.8. The molecule has 2 N–H and O–H groups in total. The third kappa shape index (κ3) is 3.28. The predicted molar refractivity (Wildman–Crippen MR) is 74.8 cm³/mol. The molecular formula is C14H23FN2O. The van der Waals surface area contributed by atoms with Crippen LogP contribution in [0.5, 0.6) is 5.75 Å². The van der Waals surface area contributed by atoms with Crippen molar-refractivity contribution in [2.45, 2.75) is 40.2 Å². The first kappa shape index (κ1) is 14.6. The summed E-state index contributed by atoms with van der Waals surface area (Å²) >= 11 is 0. The Morgan fingerprint density at radius 1 is 1.33 bits per heavy atom. The summed E-state index contributed by atoms with van der Waals surface area (Å²) in [6.07, 6.45) is 0.848. The molecule has 0 atom stereocenters. The molecule has 0 spiro atoms. The van der Waals surface area contributed by atoms with E-state index in [1.165, 1.54) is 6.07 Å². The number of nitrogen functional groups attached to an aromatic ring is 1. The molecular weight excluding hydrogens is 231 g/mol. The van der Waals surface area contributed by atoms with Crippen molar-refractivity contribution in [2.75, 3.05) is 23.8 Å². The topological polar surface area (TPSA) is 38.5 Å². The van der Waals surface area contributed by atoms with Gasteiger partial charge in [-0.15, -0.1) is 0 Å². The minimum absolute atomic E-state index is 0.278. The average molecular weight is 254 g/mol. The summed E-state index contributed by atoms with van der Waals surface area (Å²) < 4.78 is 19.1. The highest BCUT2D eigenvalue weighted by molar-refractivity contribution is 5.70. The molecule has 0 aliphatic heterocycles. The number of benzene rings is 1. The lowest BCUT2D eigenvalue weighted by atomic mass is 10.2. The van der Waals surface area contributed by atoms with Crippen LogP contribution in [0.3, 0.4) is 0 Å². The van der Waals surface area contributed by atoms with Crippen molar-refractivity contribution in [1.82, 2.24) is 0 Å². The zero-order chi connectivity index (χ0) is 13.7. The van der Waals surface area contributed by atoms with E-state index in [4.69, 9.17) is 10.5 Å². The highest BCUT2D eigenvalue weighted by atomic mass is 19.1. The molecule has 0 aliphatic rings. The second-order valence-electron chi connectivity index (χ2n) is 4.57. The molecule has 3 nitrogen and oxygen atoms in total. The Labute approximate surface area is 109 Å². The maximum Gasteiger partial charge on any atom is 0.167 e. The van der Waals surface area contributed by atoms with E-state index in [1.807, 2.05) is 6.92 Å². The molecule has 0 heterocycles. The van der Waals surface area contributed by atoms with Gasteiger partial charge in [0.05, 0.1) is 18.0 Å². The van der Waals surface area contributed by atoms with E-state index in [-0.39, 0.29) is 5.75 Å². The van der Waals surface area contributed by atoms with Crippen LogP contribution in [-0.2, 0) is 0 Å². The number of nitrogens with zero attached hydrogens (tertiary/aromatic N) is 1. The SMILES string of the molecule is CCCOc1cc(N(CC)C(C)C)c(N)cc1F. The fourth-order valence-corrected chi connectivity index (χ4v) is 1.94. The number of halogens is 1. The van der Waals surface area contributed by atoms with Gasteiger partial charge in [-0.3, -0.25) is 0 Å². The second-order valence-corrected chi connectivity index (χ2v) is 4.57. The number of hydrogen-bond acceptors (Lipinski definition) is 3. The van der Waals surface area contributed by atoms with Gasteiger partial charge in [-0.25, -0.2) is 4.39 Å². The lowest BCUT2D eigenvalue weighted by Crippen LogP contribution is -2.31. The summed E-state index contributed by atoms with van der Waals surface area (Å²) in [6, 6.07) is 3.34. The average Bonchev–Trinajstić information content (AvgIpc) is 2.31. The Balaban J connectivity index is 3.10. The van der Waals surface area contributed by atoms with Crippen LogP contribution in [0.15, 0.2) is 12.1 Å². The monoisotopic (exact) mass is 254 g/mol. The molecule has 18 heavy (non-hydrogen) atoms. The molecule has 0 aromatic heterocycles. The maximum atomic E-state index is 13.7. The van der Waals surface area contributed by atoms with Gasteiger partial charge in [0.2, 0.25) is 0 Å². The van der Waals surface area contributed by atoms with Crippen molar-refractivity contribution in [3.05, 3.63) is 17.9 Å². The Kier molecular flexibility index (Phi) is 5.25. The highest BCUT2D eigenvalue weighted by Gasteiger charge is 2.15. The van der Waals surface area contributed by atoms with Crippen molar-refractivity contribution >= 4 is 11.4 Å². The minimum atomic E-state index is -0.399. The molecule has 4 heteroatoms. The van der Waals surface area contributed by atoms with Crippen LogP contribution in [0.25, 0.3) is 0 Å². The van der Waals surface area contributed by atoms with Gasteiger partial charge in [0.25, 0.3) is 0 Å². The highest BCUT2D eigenvalue weighted by Crippen LogP contribution is 2.32. The summed E-state index contributed by atoms with van der Waals surface area (Å²) in [6.45, 7) is 9.53. The van der Waals surface area contributed by atoms with Gasteiger partial charge >= 0.3 is 0 Å². The first-order chi connectivity index (χ1) is 8.51. The molecule has 1 aromatic rings. The lowest BCUT2D eigenvalue weighted by Gasteiger charge is -2.29. The van der Waals surface area contributed by atoms with Crippen molar-refractivity contribution in [3.8, 4) is 5.75 Å². The summed E-state index contributed by atoms with van der Waals surface area (Å²) in [5.74, 6) is -0.121. The molecule has 0 amide bonds. The van der Waals surface area contributed by atoms with E-state index in [2.05, 4.69) is 25.7 Å². The van der Waals surface area contributed by atoms with E-state index >= 15 is 0 Å². The molecule has 0 bridgehead atoms. The van der Waals surface area contributed by atoms with Gasteiger partial charge in [0, 0.05) is 24.7 Å². The Morgan fingerprint density at radius 2 is 2.00 bits per heavy atom. The Morgan fingerprint density at radius 3 is 2.50 bits per heavy atom. The van der Waals surface area contributed by atoms with E-state index in [9.17, 15) is 4.39 Å². The largest absolute Gasteiger partial charge is 0.490 e. The minimum Gasteiger partial charge on any atom is -0.490 e. The molecule has 1 aromatic carbocycles. The Hall–Kier alpha value is -1.45. The summed E-state index contributed by atoms with van der Waals surface area (Å²) in [5.41, 5.74) is 7.18. The fraction of sp³-hybridized carbons (Fsp3) is 0.571. The molecule has 102 valence electrons. The summed E-state index contributed by atoms with van der Waals surface area (Å²) in [5, 5.41) is 0. The molecule has 0 fully saturated rings. The first-order valence-electron chi connectivity index (χ1n) is 6.49. The summed E-state index contributed by atoms with van der Waals surface area (Å²) in [7, 11) is 0. The third-order valence-corrected chi connectivity index (χ3v) is 2.82. The quantitative estimate of drug-likeness (QED) is 0.790. The number of rotatable bonds is 6. The first-order valence-corrected chi connectivity index (χ1v) is 6.49. The Bertz CT molecular complexity index is 394. The molecule has 0 unspecified atom stereocenters. The van der Waals surface area contributed by atoms with Gasteiger partial charge in [0.15, 0.2) is 11.6 Å². The van der Waals surface area contributed by atoms with Crippen molar-refractivity contribution < 1.29 is 9.13 Å².